The van der Waals surface area contributed by atoms with E-state index in [9.17, 15) is 9.18 Å². The van der Waals surface area contributed by atoms with Gasteiger partial charge in [0.25, 0.3) is 5.91 Å². The molecule has 0 unspecified atom stereocenters. The highest BCUT2D eigenvalue weighted by atomic mass is 19.1. The van der Waals surface area contributed by atoms with Gasteiger partial charge in [0.05, 0.1) is 11.3 Å². The Hall–Kier alpha value is -3.28. The lowest BCUT2D eigenvalue weighted by Gasteiger charge is -2.10. The summed E-state index contributed by atoms with van der Waals surface area (Å²) in [6, 6.07) is 13.9. The second-order valence-corrected chi connectivity index (χ2v) is 5.37. The molecule has 0 aliphatic heterocycles. The van der Waals surface area contributed by atoms with Crippen LogP contribution in [0.4, 0.5) is 21.7 Å². The van der Waals surface area contributed by atoms with Crippen molar-refractivity contribution < 1.29 is 9.18 Å². The Morgan fingerprint density at radius 1 is 1.00 bits per heavy atom. The molecule has 0 fully saturated rings. The summed E-state index contributed by atoms with van der Waals surface area (Å²) in [6.45, 7) is 2.03. The molecule has 2 N–H and O–H groups in total. The summed E-state index contributed by atoms with van der Waals surface area (Å²) in [5, 5.41) is 5.63. The number of aryl methyl sites for hydroxylation is 1. The number of hydrogen-bond acceptors (Lipinski definition) is 4. The van der Waals surface area contributed by atoms with Crippen LogP contribution in [-0.4, -0.2) is 15.9 Å². The third kappa shape index (κ3) is 3.98. The van der Waals surface area contributed by atoms with Gasteiger partial charge in [-0.05, 0) is 30.2 Å². The average Bonchev–Trinajstić information content (AvgIpc) is 2.64. The number of hydrogen-bond donors (Lipinski definition) is 2. The average molecular weight is 336 g/mol. The number of benzene rings is 2. The summed E-state index contributed by atoms with van der Waals surface area (Å²) >= 11 is 0. The van der Waals surface area contributed by atoms with Crippen LogP contribution in [0.3, 0.4) is 0 Å². The molecule has 3 aromatic rings. The van der Waals surface area contributed by atoms with Gasteiger partial charge in [-0.25, -0.2) is 14.4 Å². The van der Waals surface area contributed by atoms with Gasteiger partial charge in [-0.1, -0.05) is 37.3 Å². The molecule has 6 heteroatoms. The van der Waals surface area contributed by atoms with Crippen LogP contribution in [0.2, 0.25) is 0 Å². The first-order chi connectivity index (χ1) is 12.2. The van der Waals surface area contributed by atoms with Crippen LogP contribution in [0.5, 0.6) is 0 Å². The van der Waals surface area contributed by atoms with Gasteiger partial charge in [-0.15, -0.1) is 0 Å². The van der Waals surface area contributed by atoms with E-state index in [4.69, 9.17) is 0 Å². The zero-order chi connectivity index (χ0) is 17.6. The van der Waals surface area contributed by atoms with Crippen molar-refractivity contribution in [3.8, 4) is 0 Å². The lowest BCUT2D eigenvalue weighted by Crippen LogP contribution is -2.14. The quantitative estimate of drug-likeness (QED) is 0.734. The Bertz CT molecular complexity index is 881. The van der Waals surface area contributed by atoms with Gasteiger partial charge in [0, 0.05) is 18.1 Å². The Balaban J connectivity index is 1.71. The third-order valence-corrected chi connectivity index (χ3v) is 3.68. The Labute approximate surface area is 145 Å². The molecule has 2 aromatic carbocycles. The number of aromatic nitrogens is 2. The van der Waals surface area contributed by atoms with Crippen molar-refractivity contribution in [1.29, 1.82) is 0 Å². The van der Waals surface area contributed by atoms with Gasteiger partial charge in [0.2, 0.25) is 5.95 Å². The van der Waals surface area contributed by atoms with Crippen molar-refractivity contribution >= 4 is 23.2 Å². The zero-order valence-electron chi connectivity index (χ0n) is 13.7. The summed E-state index contributed by atoms with van der Waals surface area (Å²) in [5.74, 6) is -0.474. The summed E-state index contributed by atoms with van der Waals surface area (Å²) in [4.78, 5) is 20.5. The maximum atomic E-state index is 13.6. The first kappa shape index (κ1) is 16.6. The largest absolute Gasteiger partial charge is 0.322 e. The number of anilines is 3. The fourth-order valence-corrected chi connectivity index (χ4v) is 2.34. The topological polar surface area (TPSA) is 66.9 Å². The van der Waals surface area contributed by atoms with E-state index in [1.165, 1.54) is 18.5 Å². The number of carbonyl (C=O) groups excluding carboxylic acids is 1. The first-order valence-electron chi connectivity index (χ1n) is 7.90. The molecule has 1 heterocycles. The fourth-order valence-electron chi connectivity index (χ4n) is 2.34. The normalized spacial score (nSPS) is 10.3. The van der Waals surface area contributed by atoms with Crippen molar-refractivity contribution in [2.24, 2.45) is 0 Å². The van der Waals surface area contributed by atoms with Crippen LogP contribution in [0, 0.1) is 5.82 Å². The van der Waals surface area contributed by atoms with E-state index in [-0.39, 0.29) is 17.5 Å². The molecule has 5 nitrogen and oxygen atoms in total. The highest BCUT2D eigenvalue weighted by Gasteiger charge is 2.10. The number of para-hydroxylation sites is 2. The molecule has 25 heavy (non-hydrogen) atoms. The Morgan fingerprint density at radius 3 is 2.32 bits per heavy atom. The second kappa shape index (κ2) is 7.53. The van der Waals surface area contributed by atoms with Gasteiger partial charge >= 0.3 is 0 Å². The van der Waals surface area contributed by atoms with Crippen molar-refractivity contribution in [2.45, 2.75) is 13.3 Å². The van der Waals surface area contributed by atoms with E-state index < -0.39 is 5.82 Å². The molecule has 0 radical (unpaired) electrons. The molecule has 3 rings (SSSR count). The molecular formula is C19H17FN4O. The van der Waals surface area contributed by atoms with Crippen molar-refractivity contribution in [3.63, 3.8) is 0 Å². The van der Waals surface area contributed by atoms with Crippen LogP contribution < -0.4 is 10.6 Å². The summed E-state index contributed by atoms with van der Waals surface area (Å²) in [5.41, 5.74) is 2.42. The maximum Gasteiger partial charge on any atom is 0.258 e. The van der Waals surface area contributed by atoms with Crippen molar-refractivity contribution in [3.05, 3.63) is 77.9 Å². The fraction of sp³-hybridized carbons (Fsp3) is 0.105. The first-order valence-corrected chi connectivity index (χ1v) is 7.90. The van der Waals surface area contributed by atoms with Gasteiger partial charge in [-0.2, -0.15) is 0 Å². The van der Waals surface area contributed by atoms with E-state index in [2.05, 4.69) is 20.6 Å². The van der Waals surface area contributed by atoms with E-state index in [0.717, 1.165) is 17.7 Å². The number of rotatable bonds is 5. The van der Waals surface area contributed by atoms with E-state index >= 15 is 0 Å². The molecule has 1 amide bonds. The lowest BCUT2D eigenvalue weighted by molar-refractivity contribution is 0.102. The molecule has 0 bridgehead atoms. The third-order valence-electron chi connectivity index (χ3n) is 3.68. The van der Waals surface area contributed by atoms with E-state index in [1.807, 2.05) is 31.2 Å². The molecule has 0 saturated heterocycles. The number of amides is 1. The predicted octanol–water partition coefficient (Wildman–Crippen LogP) is 4.17. The van der Waals surface area contributed by atoms with Crippen molar-refractivity contribution in [1.82, 2.24) is 9.97 Å². The highest BCUT2D eigenvalue weighted by Crippen LogP contribution is 2.18. The number of nitrogens with zero attached hydrogens (tertiary/aromatic N) is 2. The molecule has 0 saturated carbocycles. The Kier molecular flexibility index (Phi) is 4.99. The molecule has 1 aromatic heterocycles. The summed E-state index contributed by atoms with van der Waals surface area (Å²) < 4.78 is 13.6. The predicted molar refractivity (Wildman–Crippen MR) is 95.5 cm³/mol. The summed E-state index contributed by atoms with van der Waals surface area (Å²) in [6.07, 6.45) is 3.62. The molecule has 0 spiro atoms. The minimum atomic E-state index is -0.399. The molecule has 0 aliphatic carbocycles. The standard InChI is InChI=1S/C19H17FN4O/c1-2-13-7-3-5-9-16(13)23-18(25)14-11-21-19(22-12-14)24-17-10-6-4-8-15(17)20/h3-12H,2H2,1H3,(H,23,25)(H,21,22,24). The number of halogens is 1. The maximum absolute atomic E-state index is 13.6. The molecular weight excluding hydrogens is 319 g/mol. The van der Waals surface area contributed by atoms with Crippen LogP contribution in [0.15, 0.2) is 60.9 Å². The van der Waals surface area contributed by atoms with Crippen LogP contribution in [0.25, 0.3) is 0 Å². The Morgan fingerprint density at radius 2 is 1.64 bits per heavy atom. The highest BCUT2D eigenvalue weighted by molar-refractivity contribution is 6.04. The second-order valence-electron chi connectivity index (χ2n) is 5.37. The van der Waals surface area contributed by atoms with Gasteiger partial charge in [-0.3, -0.25) is 4.79 Å². The number of carbonyl (C=O) groups is 1. The number of nitrogens with one attached hydrogen (secondary N) is 2. The van der Waals surface area contributed by atoms with Gasteiger partial charge in [0.1, 0.15) is 5.82 Å². The molecule has 126 valence electrons. The zero-order valence-corrected chi connectivity index (χ0v) is 13.7. The lowest BCUT2D eigenvalue weighted by atomic mass is 10.1. The monoisotopic (exact) mass is 336 g/mol. The van der Waals surface area contributed by atoms with Crippen LogP contribution in [0.1, 0.15) is 22.8 Å². The van der Waals surface area contributed by atoms with E-state index in [1.54, 1.807) is 18.2 Å². The van der Waals surface area contributed by atoms with Crippen LogP contribution >= 0.6 is 0 Å². The van der Waals surface area contributed by atoms with Gasteiger partial charge < -0.3 is 10.6 Å². The smallest absolute Gasteiger partial charge is 0.258 e. The van der Waals surface area contributed by atoms with Gasteiger partial charge in [0.15, 0.2) is 0 Å². The molecule has 0 aliphatic rings. The van der Waals surface area contributed by atoms with E-state index in [0.29, 0.717) is 5.56 Å². The van der Waals surface area contributed by atoms with Crippen molar-refractivity contribution in [2.75, 3.05) is 10.6 Å². The SMILES string of the molecule is CCc1ccccc1NC(=O)c1cnc(Nc2ccccc2F)nc1. The molecule has 0 atom stereocenters. The summed E-state index contributed by atoms with van der Waals surface area (Å²) in [7, 11) is 0. The minimum Gasteiger partial charge on any atom is -0.322 e. The minimum absolute atomic E-state index is 0.218. The van der Waals surface area contributed by atoms with Crippen LogP contribution in [-0.2, 0) is 6.42 Å².